The molecule has 1 aromatic rings. The van der Waals surface area contributed by atoms with Crippen LogP contribution in [0, 0.1) is 0 Å². The number of carbonyl (C=O) groups excluding carboxylic acids is 3. The SMILES string of the molecule is CCC[C@H](O)[C@H](CN(C)C1CC1)NC(=O)CNC(=O)c1cc(C(F)(F)F)ccc1NC(=O)NC(C)C. The number of nitrogens with one attached hydrogen (secondary N) is 4. The van der Waals surface area contributed by atoms with E-state index in [2.05, 4.69) is 26.2 Å². The van der Waals surface area contributed by atoms with Crippen molar-refractivity contribution in [1.82, 2.24) is 20.9 Å². The van der Waals surface area contributed by atoms with Crippen LogP contribution >= 0.6 is 0 Å². The number of likely N-dealkylation sites (N-methyl/N-ethyl adjacent to an activating group) is 1. The van der Waals surface area contributed by atoms with Gasteiger partial charge in [-0.05, 0) is 58.4 Å². The Balaban J connectivity index is 2.10. The molecule has 5 N–H and O–H groups in total. The molecule has 9 nitrogen and oxygen atoms in total. The van der Waals surface area contributed by atoms with E-state index >= 15 is 0 Å². The molecule has 202 valence electrons. The van der Waals surface area contributed by atoms with Gasteiger partial charge in [-0.1, -0.05) is 13.3 Å². The number of hydrogen-bond donors (Lipinski definition) is 5. The number of aliphatic hydroxyl groups is 1. The van der Waals surface area contributed by atoms with Crippen molar-refractivity contribution in [3.8, 4) is 0 Å². The predicted octanol–water partition coefficient (Wildman–Crippen LogP) is 2.71. The van der Waals surface area contributed by atoms with Gasteiger partial charge in [-0.25, -0.2) is 4.79 Å². The number of amides is 4. The molecule has 12 heteroatoms. The summed E-state index contributed by atoms with van der Waals surface area (Å²) in [7, 11) is 1.91. The third-order valence-electron chi connectivity index (χ3n) is 5.72. The van der Waals surface area contributed by atoms with Gasteiger partial charge in [0.1, 0.15) is 0 Å². The second-order valence-corrected chi connectivity index (χ2v) is 9.39. The summed E-state index contributed by atoms with van der Waals surface area (Å²) in [6, 6.07) is 1.28. The second kappa shape index (κ2) is 12.9. The minimum absolute atomic E-state index is 0.138. The number of nitrogens with zero attached hydrogens (tertiary/aromatic N) is 1. The Morgan fingerprint density at radius 1 is 1.17 bits per heavy atom. The molecular formula is C24H36F3N5O4. The van der Waals surface area contributed by atoms with Gasteiger partial charge in [0.05, 0.1) is 35.5 Å². The number of aliphatic hydroxyl groups excluding tert-OH is 1. The van der Waals surface area contributed by atoms with E-state index in [1.54, 1.807) is 13.8 Å². The first-order chi connectivity index (χ1) is 16.8. The summed E-state index contributed by atoms with van der Waals surface area (Å²) in [6.45, 7) is 5.22. The molecule has 4 amide bonds. The van der Waals surface area contributed by atoms with Gasteiger partial charge in [0.15, 0.2) is 0 Å². The lowest BCUT2D eigenvalue weighted by atomic mass is 10.1. The first-order valence-corrected chi connectivity index (χ1v) is 12.1. The number of carbonyl (C=O) groups is 3. The van der Waals surface area contributed by atoms with Gasteiger partial charge in [-0.2, -0.15) is 13.2 Å². The molecule has 2 rings (SSSR count). The average molecular weight is 516 g/mol. The highest BCUT2D eigenvalue weighted by molar-refractivity contribution is 6.04. The van der Waals surface area contributed by atoms with Crippen molar-refractivity contribution in [3.05, 3.63) is 29.3 Å². The van der Waals surface area contributed by atoms with Gasteiger partial charge >= 0.3 is 12.2 Å². The van der Waals surface area contributed by atoms with Gasteiger partial charge in [-0.15, -0.1) is 0 Å². The Morgan fingerprint density at radius 2 is 1.83 bits per heavy atom. The molecule has 0 aliphatic heterocycles. The van der Waals surface area contributed by atoms with E-state index in [4.69, 9.17) is 0 Å². The summed E-state index contributed by atoms with van der Waals surface area (Å²) in [4.78, 5) is 39.4. The predicted molar refractivity (Wildman–Crippen MR) is 130 cm³/mol. The van der Waals surface area contributed by atoms with Crippen LogP contribution in [0.5, 0.6) is 0 Å². The number of anilines is 1. The van der Waals surface area contributed by atoms with E-state index in [0.717, 1.165) is 25.0 Å². The van der Waals surface area contributed by atoms with Crippen molar-refractivity contribution in [2.45, 2.75) is 76.9 Å². The molecule has 1 aliphatic rings. The van der Waals surface area contributed by atoms with Crippen LogP contribution < -0.4 is 21.3 Å². The van der Waals surface area contributed by atoms with E-state index < -0.39 is 53.8 Å². The highest BCUT2D eigenvalue weighted by atomic mass is 19.4. The Morgan fingerprint density at radius 3 is 2.39 bits per heavy atom. The summed E-state index contributed by atoms with van der Waals surface area (Å²) < 4.78 is 39.7. The Hall–Kier alpha value is -2.86. The molecule has 1 fully saturated rings. The van der Waals surface area contributed by atoms with E-state index in [-0.39, 0.29) is 11.7 Å². The maximum absolute atomic E-state index is 13.2. The molecule has 0 bridgehead atoms. The van der Waals surface area contributed by atoms with Crippen LogP contribution in [-0.2, 0) is 11.0 Å². The molecular weight excluding hydrogens is 479 g/mol. The van der Waals surface area contributed by atoms with Crippen molar-refractivity contribution in [2.75, 3.05) is 25.5 Å². The van der Waals surface area contributed by atoms with E-state index in [0.29, 0.717) is 31.5 Å². The molecule has 1 saturated carbocycles. The molecule has 1 aromatic carbocycles. The maximum Gasteiger partial charge on any atom is 0.416 e. The van der Waals surface area contributed by atoms with Crippen molar-refractivity contribution >= 4 is 23.5 Å². The van der Waals surface area contributed by atoms with Crippen LogP contribution in [-0.4, -0.2) is 72.2 Å². The summed E-state index contributed by atoms with van der Waals surface area (Å²) >= 11 is 0. The fourth-order valence-corrected chi connectivity index (χ4v) is 3.69. The zero-order valence-electron chi connectivity index (χ0n) is 21.0. The van der Waals surface area contributed by atoms with Crippen LogP contribution in [0.25, 0.3) is 0 Å². The zero-order valence-corrected chi connectivity index (χ0v) is 21.0. The number of urea groups is 1. The molecule has 0 spiro atoms. The fourth-order valence-electron chi connectivity index (χ4n) is 3.69. The van der Waals surface area contributed by atoms with Crippen LogP contribution in [0.1, 0.15) is 62.4 Å². The van der Waals surface area contributed by atoms with Gasteiger partial charge in [0.2, 0.25) is 5.91 Å². The number of benzene rings is 1. The van der Waals surface area contributed by atoms with E-state index in [1.807, 2.05) is 14.0 Å². The van der Waals surface area contributed by atoms with Crippen LogP contribution in [0.2, 0.25) is 0 Å². The minimum atomic E-state index is -4.71. The molecule has 36 heavy (non-hydrogen) atoms. The second-order valence-electron chi connectivity index (χ2n) is 9.39. The van der Waals surface area contributed by atoms with Crippen LogP contribution in [0.4, 0.5) is 23.7 Å². The molecule has 0 aromatic heterocycles. The first kappa shape index (κ1) is 29.4. The standard InChI is InChI=1S/C24H36F3N5O4/c1-5-6-20(33)19(13-32(4)16-8-9-16)30-21(34)12-28-22(35)17-11-15(24(25,26)27)7-10-18(17)31-23(36)29-14(2)3/h7,10-11,14,16,19-20,33H,5-6,8-9,12-13H2,1-4H3,(H,28,35)(H,30,34)(H2,29,31,36)/t19-,20-/m0/s1. The fraction of sp³-hybridized carbons (Fsp3) is 0.625. The topological polar surface area (TPSA) is 123 Å². The molecule has 0 unspecified atom stereocenters. The van der Waals surface area contributed by atoms with Crippen LogP contribution in [0.3, 0.4) is 0 Å². The number of halogens is 3. The van der Waals surface area contributed by atoms with Crippen molar-refractivity contribution in [1.29, 1.82) is 0 Å². The monoisotopic (exact) mass is 515 g/mol. The third-order valence-corrected chi connectivity index (χ3v) is 5.72. The highest BCUT2D eigenvalue weighted by Crippen LogP contribution is 2.32. The quantitative estimate of drug-likeness (QED) is 0.293. The zero-order chi connectivity index (χ0) is 27.0. The van der Waals surface area contributed by atoms with Gasteiger partial charge in [0.25, 0.3) is 5.91 Å². The van der Waals surface area contributed by atoms with Crippen molar-refractivity contribution in [3.63, 3.8) is 0 Å². The molecule has 2 atom stereocenters. The summed E-state index contributed by atoms with van der Waals surface area (Å²) in [5.41, 5.74) is -1.65. The van der Waals surface area contributed by atoms with E-state index in [9.17, 15) is 32.7 Å². The van der Waals surface area contributed by atoms with Crippen molar-refractivity contribution < 1.29 is 32.7 Å². The Kier molecular flexibility index (Phi) is 10.5. The van der Waals surface area contributed by atoms with Gasteiger partial charge in [-0.3, -0.25) is 9.59 Å². The normalized spacial score (nSPS) is 15.4. The van der Waals surface area contributed by atoms with Gasteiger partial charge in [0, 0.05) is 18.6 Å². The number of rotatable bonds is 12. The molecule has 0 heterocycles. The lowest BCUT2D eigenvalue weighted by Gasteiger charge is -2.28. The van der Waals surface area contributed by atoms with Crippen molar-refractivity contribution in [2.24, 2.45) is 0 Å². The summed E-state index contributed by atoms with van der Waals surface area (Å²) in [5, 5.41) is 20.4. The minimum Gasteiger partial charge on any atom is -0.391 e. The largest absolute Gasteiger partial charge is 0.416 e. The number of alkyl halides is 3. The smallest absolute Gasteiger partial charge is 0.391 e. The summed E-state index contributed by atoms with van der Waals surface area (Å²) in [6.07, 6.45) is -2.18. The lowest BCUT2D eigenvalue weighted by molar-refractivity contribution is -0.137. The van der Waals surface area contributed by atoms with E-state index in [1.165, 1.54) is 0 Å². The third kappa shape index (κ3) is 9.30. The van der Waals surface area contributed by atoms with Crippen LogP contribution in [0.15, 0.2) is 18.2 Å². The van der Waals surface area contributed by atoms with Gasteiger partial charge < -0.3 is 31.3 Å². The highest BCUT2D eigenvalue weighted by Gasteiger charge is 2.33. The lowest BCUT2D eigenvalue weighted by Crippen LogP contribution is -2.52. The number of hydrogen-bond acceptors (Lipinski definition) is 5. The average Bonchev–Trinajstić information content (AvgIpc) is 3.61. The Bertz CT molecular complexity index is 922. The summed E-state index contributed by atoms with van der Waals surface area (Å²) in [5.74, 6) is -1.55. The Labute approximate surface area is 209 Å². The first-order valence-electron chi connectivity index (χ1n) is 12.1. The molecule has 1 aliphatic carbocycles. The maximum atomic E-state index is 13.2. The molecule has 0 radical (unpaired) electrons. The molecule has 0 saturated heterocycles.